The Labute approximate surface area is 118 Å². The van der Waals surface area contributed by atoms with Gasteiger partial charge in [0.2, 0.25) is 5.96 Å². The van der Waals surface area contributed by atoms with Crippen LogP contribution in [0.25, 0.3) is 0 Å². The molecule has 20 heavy (non-hydrogen) atoms. The smallest absolute Gasteiger partial charge is 0.209 e. The van der Waals surface area contributed by atoms with Gasteiger partial charge >= 0.3 is 0 Å². The highest BCUT2D eigenvalue weighted by molar-refractivity contribution is 5.85. The maximum Gasteiger partial charge on any atom is 0.209 e. The lowest BCUT2D eigenvalue weighted by molar-refractivity contribution is 0.512. The molecule has 104 valence electrons. The van der Waals surface area contributed by atoms with Crippen molar-refractivity contribution in [1.29, 1.82) is 0 Å². The van der Waals surface area contributed by atoms with E-state index in [0.717, 1.165) is 11.3 Å². The van der Waals surface area contributed by atoms with E-state index in [2.05, 4.69) is 15.5 Å². The Bertz CT molecular complexity index is 595. The average molecular weight is 270 g/mol. The predicted molar refractivity (Wildman–Crippen MR) is 80.7 cm³/mol. The van der Waals surface area contributed by atoms with E-state index in [1.807, 2.05) is 44.2 Å². The molecular weight excluding hydrogens is 252 g/mol. The third kappa shape index (κ3) is 3.71. The second-order valence-corrected chi connectivity index (χ2v) is 4.46. The summed E-state index contributed by atoms with van der Waals surface area (Å²) in [5, 5.41) is 4.10. The maximum absolute atomic E-state index is 5.71. The number of hydrogen-bond acceptors (Lipinski definition) is 3. The Morgan fingerprint density at radius 1 is 1.25 bits per heavy atom. The Morgan fingerprint density at radius 2 is 2.00 bits per heavy atom. The van der Waals surface area contributed by atoms with Gasteiger partial charge in [-0.15, -0.1) is 0 Å². The number of rotatable bonds is 4. The molecule has 0 atom stereocenters. The van der Waals surface area contributed by atoms with E-state index in [-0.39, 0.29) is 5.96 Å². The van der Waals surface area contributed by atoms with Crippen LogP contribution in [0.4, 0.5) is 0 Å². The number of nitrogens with one attached hydrogen (secondary N) is 1. The summed E-state index contributed by atoms with van der Waals surface area (Å²) in [7, 11) is 0. The van der Waals surface area contributed by atoms with Crippen LogP contribution in [0.3, 0.4) is 0 Å². The van der Waals surface area contributed by atoms with E-state index in [0.29, 0.717) is 6.54 Å². The number of aryl methyl sites for hydroxylation is 2. The molecule has 0 fully saturated rings. The van der Waals surface area contributed by atoms with E-state index >= 15 is 0 Å². The van der Waals surface area contributed by atoms with Gasteiger partial charge in [-0.25, -0.2) is 10.4 Å². The summed E-state index contributed by atoms with van der Waals surface area (Å²) in [6, 6.07) is 9.77. The van der Waals surface area contributed by atoms with Crippen molar-refractivity contribution in [2.24, 2.45) is 15.8 Å². The number of hydrazone groups is 1. The molecule has 0 saturated heterocycles. The Balaban J connectivity index is 1.94. The van der Waals surface area contributed by atoms with Gasteiger partial charge in [0.25, 0.3) is 0 Å². The molecule has 5 heteroatoms. The third-order valence-electron chi connectivity index (χ3n) is 2.90. The summed E-state index contributed by atoms with van der Waals surface area (Å²) >= 11 is 0. The molecule has 3 N–H and O–H groups in total. The first kappa shape index (κ1) is 13.9. The van der Waals surface area contributed by atoms with Crippen molar-refractivity contribution in [1.82, 2.24) is 5.43 Å². The van der Waals surface area contributed by atoms with E-state index < -0.39 is 0 Å². The number of aliphatic imine (C=N–C) groups is 1. The molecule has 1 heterocycles. The first-order valence-corrected chi connectivity index (χ1v) is 6.34. The highest BCUT2D eigenvalue weighted by atomic mass is 16.3. The monoisotopic (exact) mass is 270 g/mol. The molecule has 0 unspecified atom stereocenters. The molecule has 0 radical (unpaired) electrons. The second-order valence-electron chi connectivity index (χ2n) is 4.46. The zero-order chi connectivity index (χ0) is 14.4. The zero-order valence-corrected chi connectivity index (χ0v) is 11.6. The van der Waals surface area contributed by atoms with Gasteiger partial charge in [0.15, 0.2) is 0 Å². The van der Waals surface area contributed by atoms with E-state index in [9.17, 15) is 0 Å². The van der Waals surface area contributed by atoms with Crippen LogP contribution in [0.15, 0.2) is 51.1 Å². The molecule has 0 spiro atoms. The molecule has 1 aromatic heterocycles. The fourth-order valence-electron chi connectivity index (χ4n) is 1.79. The molecule has 1 aromatic carbocycles. The molecule has 0 amide bonds. The highest BCUT2D eigenvalue weighted by Crippen LogP contribution is 2.10. The highest BCUT2D eigenvalue weighted by Gasteiger charge is 1.98. The largest absolute Gasteiger partial charge is 0.467 e. The van der Waals surface area contributed by atoms with Crippen molar-refractivity contribution in [3.63, 3.8) is 0 Å². The summed E-state index contributed by atoms with van der Waals surface area (Å²) in [5.41, 5.74) is 11.8. The second kappa shape index (κ2) is 6.56. The van der Waals surface area contributed by atoms with E-state index in [4.69, 9.17) is 10.2 Å². The van der Waals surface area contributed by atoms with Crippen LogP contribution in [0, 0.1) is 13.8 Å². The molecule has 2 aromatic rings. The van der Waals surface area contributed by atoms with Gasteiger partial charge in [0.1, 0.15) is 12.3 Å². The molecule has 0 aliphatic heterocycles. The van der Waals surface area contributed by atoms with Crippen molar-refractivity contribution in [3.05, 3.63) is 59.0 Å². The van der Waals surface area contributed by atoms with Gasteiger partial charge in [-0.3, -0.25) is 0 Å². The van der Waals surface area contributed by atoms with Gasteiger partial charge in [-0.2, -0.15) is 5.10 Å². The zero-order valence-electron chi connectivity index (χ0n) is 11.6. The molecule has 0 saturated carbocycles. The molecule has 5 nitrogen and oxygen atoms in total. The van der Waals surface area contributed by atoms with Crippen molar-refractivity contribution < 1.29 is 4.42 Å². The third-order valence-corrected chi connectivity index (χ3v) is 2.90. The van der Waals surface area contributed by atoms with Crippen LogP contribution in [0.1, 0.15) is 22.5 Å². The molecule has 0 aliphatic rings. The van der Waals surface area contributed by atoms with Gasteiger partial charge in [-0.05, 0) is 37.1 Å². The van der Waals surface area contributed by atoms with Crippen molar-refractivity contribution in [2.45, 2.75) is 20.4 Å². The number of guanidine groups is 1. The standard InChI is InChI=1S/C15H18N4O/c1-11-5-3-6-12(2)14(11)10-18-19-15(16)17-9-13-7-4-8-20-13/h3-8,10H,9H2,1-2H3,(H3,16,17,19)/b18-10+. The lowest BCUT2D eigenvalue weighted by Gasteiger charge is -2.04. The van der Waals surface area contributed by atoms with Crippen LogP contribution < -0.4 is 11.2 Å². The number of nitrogens with zero attached hydrogens (tertiary/aromatic N) is 2. The van der Waals surface area contributed by atoms with Gasteiger partial charge in [0, 0.05) is 5.56 Å². The molecule has 2 rings (SSSR count). The lowest BCUT2D eigenvalue weighted by Crippen LogP contribution is -2.27. The van der Waals surface area contributed by atoms with Crippen LogP contribution in [-0.2, 0) is 6.54 Å². The SMILES string of the molecule is Cc1cccc(C)c1/C=N/NC(N)=NCc1ccco1. The molecular formula is C15H18N4O. The van der Waals surface area contributed by atoms with Crippen LogP contribution >= 0.6 is 0 Å². The Kier molecular flexibility index (Phi) is 4.55. The van der Waals surface area contributed by atoms with Crippen molar-refractivity contribution in [2.75, 3.05) is 0 Å². The topological polar surface area (TPSA) is 75.9 Å². The fraction of sp³-hybridized carbons (Fsp3) is 0.200. The van der Waals surface area contributed by atoms with Crippen molar-refractivity contribution in [3.8, 4) is 0 Å². The Hall–Kier alpha value is -2.56. The lowest BCUT2D eigenvalue weighted by atomic mass is 10.0. The van der Waals surface area contributed by atoms with E-state index in [1.165, 1.54) is 11.1 Å². The minimum atomic E-state index is 0.254. The minimum Gasteiger partial charge on any atom is -0.467 e. The average Bonchev–Trinajstić information content (AvgIpc) is 2.93. The normalized spacial score (nSPS) is 12.0. The van der Waals surface area contributed by atoms with Gasteiger partial charge in [0.05, 0.1) is 12.5 Å². The van der Waals surface area contributed by atoms with Gasteiger partial charge in [-0.1, -0.05) is 18.2 Å². The summed E-state index contributed by atoms with van der Waals surface area (Å²) < 4.78 is 5.16. The quantitative estimate of drug-likeness (QED) is 0.508. The number of hydrogen-bond donors (Lipinski definition) is 2. The number of furan rings is 1. The van der Waals surface area contributed by atoms with Crippen molar-refractivity contribution >= 4 is 12.2 Å². The first-order valence-electron chi connectivity index (χ1n) is 6.34. The van der Waals surface area contributed by atoms with Crippen LogP contribution in [0.2, 0.25) is 0 Å². The summed E-state index contributed by atoms with van der Waals surface area (Å²) in [6.07, 6.45) is 3.35. The Morgan fingerprint density at radius 3 is 2.65 bits per heavy atom. The van der Waals surface area contributed by atoms with E-state index in [1.54, 1.807) is 12.5 Å². The predicted octanol–water partition coefficient (Wildman–Crippen LogP) is 2.33. The van der Waals surface area contributed by atoms with Crippen LogP contribution in [-0.4, -0.2) is 12.2 Å². The maximum atomic E-state index is 5.71. The molecule has 0 bridgehead atoms. The molecule has 0 aliphatic carbocycles. The summed E-state index contributed by atoms with van der Waals surface area (Å²) in [5.74, 6) is 1.01. The number of benzene rings is 1. The summed E-state index contributed by atoms with van der Waals surface area (Å²) in [6.45, 7) is 4.48. The first-order chi connectivity index (χ1) is 9.66. The number of nitrogens with two attached hydrogens (primary N) is 1. The fourth-order valence-corrected chi connectivity index (χ4v) is 1.79. The minimum absolute atomic E-state index is 0.254. The summed E-state index contributed by atoms with van der Waals surface area (Å²) in [4.78, 5) is 4.12. The van der Waals surface area contributed by atoms with Crippen LogP contribution in [0.5, 0.6) is 0 Å². The van der Waals surface area contributed by atoms with Gasteiger partial charge < -0.3 is 10.2 Å².